The second kappa shape index (κ2) is 15.3. The third kappa shape index (κ3) is 27.5. The van der Waals surface area contributed by atoms with Gasteiger partial charge >= 0.3 is 11.9 Å². The molecular formula is C14H18Cl2N2O13. The van der Waals surface area contributed by atoms with Crippen LogP contribution in [0.4, 0.5) is 11.4 Å². The zero-order valence-corrected chi connectivity index (χ0v) is 16.8. The second-order valence-corrected chi connectivity index (χ2v) is 6.28. The lowest BCUT2D eigenvalue weighted by Gasteiger charge is -2.17. The lowest BCUT2D eigenvalue weighted by molar-refractivity contribution is -2.00. The molecule has 0 heterocycles. The molecule has 0 aromatic heterocycles. The Bertz CT molecular complexity index is 730. The van der Waals surface area contributed by atoms with Gasteiger partial charge in [-0.25, -0.2) is 46.9 Å². The number of rotatable bonds is 2. The van der Waals surface area contributed by atoms with E-state index in [0.717, 1.165) is 11.4 Å². The summed E-state index contributed by atoms with van der Waals surface area (Å²) in [4.78, 5) is 20.7. The monoisotopic (exact) mass is 492 g/mol. The minimum absolute atomic E-state index is 0. The lowest BCUT2D eigenvalue weighted by Crippen LogP contribution is -2.68. The zero-order valence-electron chi connectivity index (χ0n) is 15.3. The Morgan fingerprint density at radius 3 is 1.00 bits per heavy atom. The molecule has 17 heteroatoms. The van der Waals surface area contributed by atoms with Crippen molar-refractivity contribution in [1.29, 1.82) is 0 Å². The van der Waals surface area contributed by atoms with E-state index < -0.39 is 32.4 Å². The van der Waals surface area contributed by atoms with Crippen molar-refractivity contribution in [3.8, 4) is 0 Å². The molecule has 31 heavy (non-hydrogen) atoms. The van der Waals surface area contributed by atoms with Crippen molar-refractivity contribution in [1.82, 2.24) is 0 Å². The summed E-state index contributed by atoms with van der Waals surface area (Å²) in [7, 11) is -9.89. The second-order valence-electron chi connectivity index (χ2n) is 4.77. The van der Waals surface area contributed by atoms with Crippen LogP contribution in [-0.4, -0.2) is 27.6 Å². The number of quaternary nitrogens is 2. The summed E-state index contributed by atoms with van der Waals surface area (Å²) in [5, 5.41) is 17.0. The molecule has 0 saturated carbocycles. The van der Waals surface area contributed by atoms with E-state index in [4.69, 9.17) is 47.5 Å². The first kappa shape index (κ1) is 33.2. The molecule has 2 aromatic rings. The number of halogens is 2. The Labute approximate surface area is 178 Å². The molecular weight excluding hydrogens is 475 g/mol. The van der Waals surface area contributed by atoms with E-state index in [1.54, 1.807) is 24.3 Å². The summed E-state index contributed by atoms with van der Waals surface area (Å²) in [6, 6.07) is 13.0. The molecule has 10 N–H and O–H groups in total. The highest BCUT2D eigenvalue weighted by Gasteiger charge is 2.02. The van der Waals surface area contributed by atoms with Gasteiger partial charge in [-0.1, -0.05) is 12.1 Å². The first-order valence-corrected chi connectivity index (χ1v) is 9.41. The van der Waals surface area contributed by atoms with Gasteiger partial charge in [-0.3, -0.25) is 0 Å². The maximum absolute atomic E-state index is 10.3. The molecule has 0 bridgehead atoms. The average Bonchev–Trinajstić information content (AvgIpc) is 2.52. The van der Waals surface area contributed by atoms with Crippen molar-refractivity contribution in [3.63, 3.8) is 0 Å². The minimum Gasteiger partial charge on any atom is -0.478 e. The van der Waals surface area contributed by atoms with Crippen LogP contribution in [0.25, 0.3) is 0 Å². The molecule has 0 aliphatic rings. The zero-order chi connectivity index (χ0) is 24.1. The van der Waals surface area contributed by atoms with Gasteiger partial charge in [0, 0.05) is 12.1 Å². The van der Waals surface area contributed by atoms with Crippen LogP contribution >= 0.6 is 0 Å². The quantitative estimate of drug-likeness (QED) is 0.303. The van der Waals surface area contributed by atoms with Crippen molar-refractivity contribution in [2.24, 2.45) is 0 Å². The lowest BCUT2D eigenvalue weighted by atomic mass is 10.2. The Kier molecular flexibility index (Phi) is 16.4. The van der Waals surface area contributed by atoms with Crippen molar-refractivity contribution in [2.75, 3.05) is 0 Å². The Morgan fingerprint density at radius 2 is 0.871 bits per heavy atom. The first-order chi connectivity index (χ1) is 13.4. The molecule has 0 atom stereocenters. The predicted octanol–water partition coefficient (Wildman–Crippen LogP) is -9.82. The van der Waals surface area contributed by atoms with Crippen LogP contribution in [0.15, 0.2) is 48.5 Å². The summed E-state index contributed by atoms with van der Waals surface area (Å²) in [6.07, 6.45) is 0. The molecule has 0 amide bonds. The number of carbonyl (C=O) groups is 2. The molecule has 15 nitrogen and oxygen atoms in total. The predicted molar refractivity (Wildman–Crippen MR) is 75.5 cm³/mol. The third-order valence-electron chi connectivity index (χ3n) is 2.35. The highest BCUT2D eigenvalue weighted by Crippen LogP contribution is 2.04. The summed E-state index contributed by atoms with van der Waals surface area (Å²) >= 11 is 0. The number of benzene rings is 2. The number of hydrogen-bond acceptors (Lipinski definition) is 10. The molecule has 2 rings (SSSR count). The smallest absolute Gasteiger partial charge is 0.335 e. The van der Waals surface area contributed by atoms with E-state index in [2.05, 4.69) is 11.5 Å². The number of carboxylic acids is 2. The summed E-state index contributed by atoms with van der Waals surface area (Å²) < 4.78 is 67.9. The summed E-state index contributed by atoms with van der Waals surface area (Å²) in [6.45, 7) is 0. The van der Waals surface area contributed by atoms with Crippen LogP contribution < -0.4 is 48.7 Å². The van der Waals surface area contributed by atoms with E-state index >= 15 is 0 Å². The number of hydrogen-bond donors (Lipinski definition) is 4. The Morgan fingerprint density at radius 1 is 0.645 bits per heavy atom. The maximum atomic E-state index is 10.3. The SMILES string of the molecule is O.[NH3+]c1cccc(C(=O)O)c1.[NH3+]c1cccc(C(=O)O)c1.[O-][Cl+3]([O-])([O-])[O-].[O-][Cl+3]([O-])([O-])[O-]. The topological polar surface area (TPSA) is 346 Å². The van der Waals surface area contributed by atoms with E-state index in [0.29, 0.717) is 0 Å². The molecule has 0 unspecified atom stereocenters. The van der Waals surface area contributed by atoms with Gasteiger partial charge in [-0.2, -0.15) is 0 Å². The van der Waals surface area contributed by atoms with Crippen LogP contribution in [0.2, 0.25) is 0 Å². The maximum Gasteiger partial charge on any atom is 0.335 e. The highest BCUT2D eigenvalue weighted by atomic mass is 35.7. The van der Waals surface area contributed by atoms with E-state index in [1.807, 2.05) is 0 Å². The fourth-order valence-corrected chi connectivity index (χ4v) is 1.41. The first-order valence-electron chi connectivity index (χ1n) is 6.94. The van der Waals surface area contributed by atoms with Crippen LogP contribution in [0.3, 0.4) is 0 Å². The van der Waals surface area contributed by atoms with Crippen LogP contribution in [0.1, 0.15) is 20.7 Å². The summed E-state index contributed by atoms with van der Waals surface area (Å²) in [5.74, 6) is -1.82. The summed E-state index contributed by atoms with van der Waals surface area (Å²) in [5.41, 5.74) is 9.21. The fourth-order valence-electron chi connectivity index (χ4n) is 1.41. The molecule has 0 aliphatic carbocycles. The largest absolute Gasteiger partial charge is 0.478 e. The van der Waals surface area contributed by atoms with Crippen LogP contribution in [-0.2, 0) is 0 Å². The van der Waals surface area contributed by atoms with Crippen molar-refractivity contribution in [3.05, 3.63) is 59.7 Å². The minimum atomic E-state index is -4.94. The fraction of sp³-hybridized carbons (Fsp3) is 0. The van der Waals surface area contributed by atoms with Crippen LogP contribution in [0.5, 0.6) is 0 Å². The molecule has 0 radical (unpaired) electrons. The van der Waals surface area contributed by atoms with Gasteiger partial charge in [0.05, 0.1) is 11.1 Å². The van der Waals surface area contributed by atoms with E-state index in [-0.39, 0.29) is 16.6 Å². The van der Waals surface area contributed by atoms with Gasteiger partial charge in [-0.05, 0) is 24.3 Å². The molecule has 2 aromatic carbocycles. The standard InChI is InChI=1S/2C7H7NO2.2ClHO4.H2O/c2*8-6-3-1-2-5(4-6)7(9)10;2*2-1(3,4)5;/h2*1-4H,8H2,(H,9,10);2*(H,2,3,4,5);1H2. The van der Waals surface area contributed by atoms with Crippen molar-refractivity contribution in [2.45, 2.75) is 0 Å². The highest BCUT2D eigenvalue weighted by molar-refractivity contribution is 5.88. The molecule has 0 spiro atoms. The van der Waals surface area contributed by atoms with Gasteiger partial charge in [0.1, 0.15) is 11.4 Å². The van der Waals surface area contributed by atoms with Gasteiger partial charge in [-0.15, -0.1) is 20.5 Å². The van der Waals surface area contributed by atoms with E-state index in [1.165, 1.54) is 24.3 Å². The van der Waals surface area contributed by atoms with Gasteiger partial charge in [0.15, 0.2) is 0 Å². The van der Waals surface area contributed by atoms with Crippen LogP contribution in [0, 0.1) is 20.5 Å². The van der Waals surface area contributed by atoms with Crippen molar-refractivity contribution < 1.29 is 94.5 Å². The van der Waals surface area contributed by atoms with E-state index in [9.17, 15) is 9.59 Å². The Balaban J connectivity index is -0.000000353. The molecule has 0 saturated heterocycles. The molecule has 0 aliphatic heterocycles. The molecule has 176 valence electrons. The van der Waals surface area contributed by atoms with Gasteiger partial charge in [0.2, 0.25) is 0 Å². The van der Waals surface area contributed by atoms with Gasteiger partial charge in [0.25, 0.3) is 0 Å². The molecule has 0 fully saturated rings. The number of carboxylic acid groups (broad SMARTS) is 2. The van der Waals surface area contributed by atoms with Crippen molar-refractivity contribution >= 4 is 23.3 Å². The average molecular weight is 493 g/mol. The Hall–Kier alpha value is -2.48. The number of aromatic carboxylic acids is 2. The third-order valence-corrected chi connectivity index (χ3v) is 2.35. The van der Waals surface area contributed by atoms with Gasteiger partial charge < -0.3 is 27.2 Å². The normalized spacial score (nSPS) is 9.87.